The molecule has 2 heterocycles. The van der Waals surface area contributed by atoms with Crippen LogP contribution in [-0.4, -0.2) is 46.7 Å². The van der Waals surface area contributed by atoms with E-state index in [-0.39, 0.29) is 41.6 Å². The molecule has 3 fully saturated rings. The van der Waals surface area contributed by atoms with Gasteiger partial charge in [-0.3, -0.25) is 0 Å². The molecule has 38 heavy (non-hydrogen) atoms. The average Bonchev–Trinajstić information content (AvgIpc) is 3.23. The Morgan fingerprint density at radius 2 is 1.84 bits per heavy atom. The van der Waals surface area contributed by atoms with E-state index in [2.05, 4.69) is 31.6 Å². The van der Waals surface area contributed by atoms with Crippen LogP contribution in [0.1, 0.15) is 80.5 Å². The molecule has 2 aromatic rings. The summed E-state index contributed by atoms with van der Waals surface area (Å²) in [5.74, 6) is 1.47. The van der Waals surface area contributed by atoms with E-state index in [4.69, 9.17) is 14.6 Å². The van der Waals surface area contributed by atoms with Crippen molar-refractivity contribution in [1.29, 1.82) is 0 Å². The number of aliphatic hydroxyl groups excluding tert-OH is 1. The summed E-state index contributed by atoms with van der Waals surface area (Å²) in [4.78, 5) is 11.1. The summed E-state index contributed by atoms with van der Waals surface area (Å²) in [5, 5.41) is 28.3. The Balaban J connectivity index is 0.000000193. The largest absolute Gasteiger partial charge is 0.507 e. The van der Waals surface area contributed by atoms with Gasteiger partial charge >= 0.3 is 5.97 Å². The summed E-state index contributed by atoms with van der Waals surface area (Å²) in [6, 6.07) is 10.0. The first-order chi connectivity index (χ1) is 18.0. The molecule has 4 aliphatic rings. The van der Waals surface area contributed by atoms with E-state index >= 15 is 0 Å². The molecule has 2 aliphatic carbocycles. The number of rotatable bonds is 3. The minimum absolute atomic E-state index is 0.0222. The molecule has 0 radical (unpaired) electrons. The third-order valence-corrected chi connectivity index (χ3v) is 9.48. The Hall–Kier alpha value is -2.77. The van der Waals surface area contributed by atoms with Crippen molar-refractivity contribution in [3.63, 3.8) is 0 Å². The smallest absolute Gasteiger partial charge is 0.341 e. The lowest BCUT2D eigenvalue weighted by Crippen LogP contribution is -2.61. The number of aryl methyl sites for hydroxylation is 1. The lowest BCUT2D eigenvalue weighted by Gasteiger charge is -2.61. The number of hydrogen-bond acceptors (Lipinski definition) is 7. The highest BCUT2D eigenvalue weighted by molar-refractivity contribution is 5.92. The maximum Gasteiger partial charge on any atom is 0.341 e. The van der Waals surface area contributed by atoms with Crippen molar-refractivity contribution in [3.8, 4) is 17.2 Å². The number of phenolic OH excluding ortho intramolecular Hbond substituents is 2. The number of esters is 1. The van der Waals surface area contributed by atoms with Crippen LogP contribution in [0.4, 0.5) is 0 Å². The minimum Gasteiger partial charge on any atom is -0.507 e. The van der Waals surface area contributed by atoms with Crippen LogP contribution in [0, 0.1) is 29.6 Å². The van der Waals surface area contributed by atoms with Gasteiger partial charge in [0.05, 0.1) is 24.9 Å². The van der Waals surface area contributed by atoms with Crippen molar-refractivity contribution in [2.45, 2.75) is 71.5 Å². The molecule has 0 amide bonds. The third-order valence-electron chi connectivity index (χ3n) is 9.48. The van der Waals surface area contributed by atoms with Gasteiger partial charge in [-0.25, -0.2) is 4.79 Å². The Morgan fingerprint density at radius 3 is 2.58 bits per heavy atom. The molecule has 7 heteroatoms. The van der Waals surface area contributed by atoms with Crippen LogP contribution in [0.3, 0.4) is 0 Å². The number of aliphatic hydroxyl groups is 1. The lowest BCUT2D eigenvalue weighted by molar-refractivity contribution is -0.156. The Morgan fingerprint density at radius 1 is 1.08 bits per heavy atom. The van der Waals surface area contributed by atoms with Crippen molar-refractivity contribution in [3.05, 3.63) is 53.1 Å². The van der Waals surface area contributed by atoms with Gasteiger partial charge in [-0.15, -0.1) is 0 Å². The van der Waals surface area contributed by atoms with Crippen LogP contribution in [0.25, 0.3) is 0 Å². The summed E-state index contributed by atoms with van der Waals surface area (Å²) in [6.45, 7) is 9.74. The SMILES string of the molecule is Cc1cc(O)c2c(c1)O[C@@]1(C)CC[C@H]3C(C)(C)CCC[C@@]34CO[C@@H]2[C@H]41.O=C(OCCO)c1ccccc1O. The van der Waals surface area contributed by atoms with Gasteiger partial charge in [-0.05, 0) is 80.7 Å². The zero-order valence-electron chi connectivity index (χ0n) is 22.8. The molecule has 5 atom stereocenters. The molecule has 7 nitrogen and oxygen atoms in total. The predicted octanol–water partition coefficient (Wildman–Crippen LogP) is 5.69. The molecule has 2 saturated carbocycles. The number of ether oxygens (including phenoxy) is 3. The number of benzene rings is 2. The van der Waals surface area contributed by atoms with Gasteiger partial charge in [0.1, 0.15) is 35.0 Å². The van der Waals surface area contributed by atoms with E-state index in [1.807, 2.05) is 13.0 Å². The molecule has 2 aliphatic heterocycles. The van der Waals surface area contributed by atoms with Gasteiger partial charge in [0, 0.05) is 11.3 Å². The number of carbonyl (C=O) groups is 1. The fraction of sp³-hybridized carbons (Fsp3) is 0.581. The summed E-state index contributed by atoms with van der Waals surface area (Å²) < 4.78 is 17.7. The summed E-state index contributed by atoms with van der Waals surface area (Å²) in [6.07, 6.45) is 6.12. The molecular formula is C31H40O7. The molecule has 1 spiro atoms. The number of fused-ring (bicyclic) bond motifs is 2. The highest BCUT2D eigenvalue weighted by Crippen LogP contribution is 2.71. The normalized spacial score (nSPS) is 32.0. The van der Waals surface area contributed by atoms with E-state index in [1.54, 1.807) is 12.1 Å². The standard InChI is InChI=1S/C22H30O3.C9H10O4/c1-13-10-14(23)17-15(11-13)25-21(4)9-6-16-20(2,3)7-5-8-22(16)12-24-18(17)19(21)22;10-5-6-13-9(12)7-3-1-2-4-8(7)11/h10-11,16,18-19,23H,5-9,12H2,1-4H3;1-4,10-11H,5-6H2/t16-,18-,19-,21-,22+;/m0./s1. The van der Waals surface area contributed by atoms with Crippen LogP contribution in [0.2, 0.25) is 0 Å². The van der Waals surface area contributed by atoms with Crippen molar-refractivity contribution >= 4 is 5.97 Å². The van der Waals surface area contributed by atoms with Crippen LogP contribution < -0.4 is 4.74 Å². The molecule has 206 valence electrons. The minimum atomic E-state index is -0.632. The maximum absolute atomic E-state index is 11.1. The summed E-state index contributed by atoms with van der Waals surface area (Å²) in [5.41, 5.74) is 2.43. The number of phenols is 2. The van der Waals surface area contributed by atoms with Gasteiger partial charge in [-0.2, -0.15) is 0 Å². The second kappa shape index (κ2) is 9.76. The Bertz CT molecular complexity index is 1210. The van der Waals surface area contributed by atoms with Gasteiger partial charge < -0.3 is 29.5 Å². The van der Waals surface area contributed by atoms with E-state index in [1.165, 1.54) is 37.8 Å². The van der Waals surface area contributed by atoms with Crippen LogP contribution in [0.15, 0.2) is 36.4 Å². The van der Waals surface area contributed by atoms with E-state index in [9.17, 15) is 15.0 Å². The first kappa shape index (κ1) is 26.8. The van der Waals surface area contributed by atoms with E-state index < -0.39 is 5.97 Å². The van der Waals surface area contributed by atoms with Gasteiger partial charge in [0.2, 0.25) is 0 Å². The highest BCUT2D eigenvalue weighted by atomic mass is 16.5. The molecule has 1 saturated heterocycles. The molecule has 0 aromatic heterocycles. The second-order valence-electron chi connectivity index (χ2n) is 12.4. The Labute approximate surface area is 224 Å². The van der Waals surface area contributed by atoms with Crippen molar-refractivity contribution in [2.24, 2.45) is 22.7 Å². The first-order valence-electron chi connectivity index (χ1n) is 13.7. The highest BCUT2D eigenvalue weighted by Gasteiger charge is 2.69. The fourth-order valence-electron chi connectivity index (χ4n) is 8.06. The zero-order valence-corrected chi connectivity index (χ0v) is 22.8. The molecule has 3 N–H and O–H groups in total. The zero-order chi connectivity index (χ0) is 27.3. The van der Waals surface area contributed by atoms with Crippen molar-refractivity contribution < 1.29 is 34.3 Å². The van der Waals surface area contributed by atoms with Gasteiger partial charge in [-0.1, -0.05) is 32.4 Å². The molecule has 6 rings (SSSR count). The fourth-order valence-corrected chi connectivity index (χ4v) is 8.06. The quantitative estimate of drug-likeness (QED) is 0.443. The predicted molar refractivity (Wildman–Crippen MR) is 142 cm³/mol. The maximum atomic E-state index is 11.1. The number of hydrogen-bond donors (Lipinski definition) is 3. The third kappa shape index (κ3) is 4.34. The first-order valence-corrected chi connectivity index (χ1v) is 13.7. The molecular weight excluding hydrogens is 484 g/mol. The van der Waals surface area contributed by atoms with Crippen molar-refractivity contribution in [2.75, 3.05) is 19.8 Å². The lowest BCUT2D eigenvalue weighted by atomic mass is 9.44. The number of para-hydroxylation sites is 1. The van der Waals surface area contributed by atoms with Crippen LogP contribution in [-0.2, 0) is 9.47 Å². The molecule has 0 unspecified atom stereocenters. The molecule has 0 bridgehead atoms. The van der Waals surface area contributed by atoms with Gasteiger partial charge in [0.15, 0.2) is 0 Å². The second-order valence-corrected chi connectivity index (χ2v) is 12.4. The van der Waals surface area contributed by atoms with E-state index in [0.29, 0.717) is 23.0 Å². The van der Waals surface area contributed by atoms with Gasteiger partial charge in [0.25, 0.3) is 0 Å². The van der Waals surface area contributed by atoms with Crippen LogP contribution >= 0.6 is 0 Å². The topological polar surface area (TPSA) is 105 Å². The Kier molecular flexibility index (Phi) is 6.89. The summed E-state index contributed by atoms with van der Waals surface area (Å²) >= 11 is 0. The molecule has 2 aromatic carbocycles. The average molecular weight is 525 g/mol. The summed E-state index contributed by atoms with van der Waals surface area (Å²) in [7, 11) is 0. The van der Waals surface area contributed by atoms with Crippen LogP contribution in [0.5, 0.6) is 17.2 Å². The number of carbonyl (C=O) groups excluding carboxylic acids is 1. The van der Waals surface area contributed by atoms with Crippen molar-refractivity contribution in [1.82, 2.24) is 0 Å². The van der Waals surface area contributed by atoms with E-state index in [0.717, 1.165) is 29.9 Å². The number of aromatic hydroxyl groups is 2. The monoisotopic (exact) mass is 524 g/mol.